The Bertz CT molecular complexity index is 671. The van der Waals surface area contributed by atoms with E-state index in [1.807, 2.05) is 19.1 Å². The van der Waals surface area contributed by atoms with Crippen molar-refractivity contribution in [1.82, 2.24) is 10.3 Å². The van der Waals surface area contributed by atoms with Gasteiger partial charge in [0.15, 0.2) is 0 Å². The highest BCUT2D eigenvalue weighted by atomic mass is 16.2. The van der Waals surface area contributed by atoms with Crippen LogP contribution in [-0.4, -0.2) is 22.8 Å². The third kappa shape index (κ3) is 5.17. The van der Waals surface area contributed by atoms with E-state index in [-0.39, 0.29) is 11.8 Å². The largest absolute Gasteiger partial charge is 0.351 e. The van der Waals surface area contributed by atoms with Crippen LogP contribution in [0.2, 0.25) is 0 Å². The summed E-state index contributed by atoms with van der Waals surface area (Å²) < 4.78 is 0. The van der Waals surface area contributed by atoms with Gasteiger partial charge in [0.2, 0.25) is 5.91 Å². The fourth-order valence-electron chi connectivity index (χ4n) is 2.18. The molecule has 2 amide bonds. The number of amides is 2. The summed E-state index contributed by atoms with van der Waals surface area (Å²) in [5, 5.41) is 5.57. The van der Waals surface area contributed by atoms with Gasteiger partial charge < -0.3 is 16.4 Å². The molecule has 0 radical (unpaired) electrons. The smallest absolute Gasteiger partial charge is 0.255 e. The molecule has 0 spiro atoms. The number of nitrogens with one attached hydrogen (secondary N) is 2. The maximum atomic E-state index is 12.1. The van der Waals surface area contributed by atoms with E-state index < -0.39 is 6.04 Å². The van der Waals surface area contributed by atoms with E-state index in [4.69, 9.17) is 5.73 Å². The Morgan fingerprint density at radius 3 is 2.58 bits per heavy atom. The van der Waals surface area contributed by atoms with Crippen LogP contribution in [-0.2, 0) is 11.3 Å². The number of hydrogen-bond acceptors (Lipinski definition) is 4. The molecule has 6 nitrogen and oxygen atoms in total. The second-order valence-corrected chi connectivity index (χ2v) is 5.51. The first-order chi connectivity index (χ1) is 11.6. The minimum atomic E-state index is -0.473. The van der Waals surface area contributed by atoms with E-state index >= 15 is 0 Å². The lowest BCUT2D eigenvalue weighted by Gasteiger charge is -2.11. The van der Waals surface area contributed by atoms with Crippen LogP contribution in [0.25, 0.3) is 0 Å². The number of hydrogen-bond donors (Lipinski definition) is 3. The van der Waals surface area contributed by atoms with Crippen molar-refractivity contribution in [3.63, 3.8) is 0 Å². The Hall–Kier alpha value is -2.73. The summed E-state index contributed by atoms with van der Waals surface area (Å²) >= 11 is 0. The van der Waals surface area contributed by atoms with Crippen molar-refractivity contribution >= 4 is 17.5 Å². The molecule has 126 valence electrons. The molecule has 2 aromatic rings. The normalized spacial score (nSPS) is 11.6. The molecule has 0 saturated carbocycles. The summed E-state index contributed by atoms with van der Waals surface area (Å²) in [4.78, 5) is 27.9. The van der Waals surface area contributed by atoms with E-state index in [0.29, 0.717) is 24.2 Å². The third-order valence-electron chi connectivity index (χ3n) is 3.54. The van der Waals surface area contributed by atoms with Crippen molar-refractivity contribution in [2.24, 2.45) is 5.73 Å². The maximum Gasteiger partial charge on any atom is 0.255 e. The van der Waals surface area contributed by atoms with Crippen molar-refractivity contribution in [3.05, 3.63) is 59.9 Å². The number of aromatic nitrogens is 1. The number of pyridine rings is 1. The first kappa shape index (κ1) is 17.6. The van der Waals surface area contributed by atoms with Crippen LogP contribution < -0.4 is 16.4 Å². The Labute approximate surface area is 141 Å². The van der Waals surface area contributed by atoms with E-state index in [2.05, 4.69) is 15.6 Å². The molecular weight excluding hydrogens is 304 g/mol. The van der Waals surface area contributed by atoms with Gasteiger partial charge in [-0.25, -0.2) is 0 Å². The van der Waals surface area contributed by atoms with Gasteiger partial charge in [-0.1, -0.05) is 25.5 Å². The highest BCUT2D eigenvalue weighted by Gasteiger charge is 2.11. The van der Waals surface area contributed by atoms with E-state index in [0.717, 1.165) is 12.0 Å². The Balaban J connectivity index is 1.88. The summed E-state index contributed by atoms with van der Waals surface area (Å²) in [5.74, 6) is -0.362. The average molecular weight is 326 g/mol. The summed E-state index contributed by atoms with van der Waals surface area (Å²) in [6.07, 6.45) is 4.76. The second kappa shape index (κ2) is 8.79. The monoisotopic (exact) mass is 326 g/mol. The van der Waals surface area contributed by atoms with Crippen molar-refractivity contribution in [2.45, 2.75) is 32.4 Å². The van der Waals surface area contributed by atoms with Gasteiger partial charge in [-0.3, -0.25) is 14.6 Å². The Kier molecular flexibility index (Phi) is 6.45. The molecule has 1 aromatic carbocycles. The molecule has 24 heavy (non-hydrogen) atoms. The lowest BCUT2D eigenvalue weighted by Crippen LogP contribution is -2.40. The fourth-order valence-corrected chi connectivity index (χ4v) is 2.18. The number of rotatable bonds is 7. The Morgan fingerprint density at radius 1 is 1.21 bits per heavy atom. The van der Waals surface area contributed by atoms with Crippen LogP contribution in [0.15, 0.2) is 48.8 Å². The van der Waals surface area contributed by atoms with Gasteiger partial charge in [0.05, 0.1) is 17.9 Å². The minimum Gasteiger partial charge on any atom is -0.351 e. The molecule has 0 saturated heterocycles. The van der Waals surface area contributed by atoms with Crippen LogP contribution in [0.5, 0.6) is 0 Å². The summed E-state index contributed by atoms with van der Waals surface area (Å²) in [5.41, 5.74) is 7.85. The molecule has 1 aromatic heterocycles. The summed E-state index contributed by atoms with van der Waals surface area (Å²) in [7, 11) is 0. The third-order valence-corrected chi connectivity index (χ3v) is 3.54. The molecule has 6 heteroatoms. The number of anilines is 1. The van der Waals surface area contributed by atoms with Crippen molar-refractivity contribution in [2.75, 3.05) is 5.32 Å². The van der Waals surface area contributed by atoms with Crippen LogP contribution in [0.4, 0.5) is 5.69 Å². The number of nitrogens with two attached hydrogens (primary N) is 1. The van der Waals surface area contributed by atoms with Gasteiger partial charge in [0, 0.05) is 18.3 Å². The van der Waals surface area contributed by atoms with Crippen LogP contribution >= 0.6 is 0 Å². The topological polar surface area (TPSA) is 97.1 Å². The highest BCUT2D eigenvalue weighted by Crippen LogP contribution is 2.09. The second-order valence-electron chi connectivity index (χ2n) is 5.51. The lowest BCUT2D eigenvalue weighted by atomic mass is 10.1. The van der Waals surface area contributed by atoms with Crippen molar-refractivity contribution in [1.29, 1.82) is 0 Å². The fraction of sp³-hybridized carbons (Fsp3) is 0.278. The van der Waals surface area contributed by atoms with Gasteiger partial charge in [-0.15, -0.1) is 0 Å². The van der Waals surface area contributed by atoms with Gasteiger partial charge in [-0.2, -0.15) is 0 Å². The maximum absolute atomic E-state index is 12.1. The van der Waals surface area contributed by atoms with E-state index in [9.17, 15) is 9.59 Å². The van der Waals surface area contributed by atoms with Gasteiger partial charge in [0.1, 0.15) is 0 Å². The summed E-state index contributed by atoms with van der Waals surface area (Å²) in [6.45, 7) is 2.38. The molecule has 0 aliphatic carbocycles. The molecule has 0 bridgehead atoms. The van der Waals surface area contributed by atoms with E-state index in [1.54, 1.807) is 36.7 Å². The Morgan fingerprint density at radius 2 is 1.96 bits per heavy atom. The molecule has 0 aliphatic rings. The van der Waals surface area contributed by atoms with Crippen molar-refractivity contribution < 1.29 is 9.59 Å². The number of carbonyl (C=O) groups excluding carboxylic acids is 2. The molecule has 1 unspecified atom stereocenters. The first-order valence-electron chi connectivity index (χ1n) is 7.93. The van der Waals surface area contributed by atoms with Gasteiger partial charge in [0.25, 0.3) is 5.91 Å². The summed E-state index contributed by atoms with van der Waals surface area (Å²) in [6, 6.07) is 10.1. The molecule has 4 N–H and O–H groups in total. The first-order valence-corrected chi connectivity index (χ1v) is 7.93. The highest BCUT2D eigenvalue weighted by molar-refractivity contribution is 6.04. The van der Waals surface area contributed by atoms with Gasteiger partial charge >= 0.3 is 0 Å². The zero-order valence-corrected chi connectivity index (χ0v) is 13.7. The zero-order chi connectivity index (χ0) is 17.4. The van der Waals surface area contributed by atoms with Gasteiger partial charge in [-0.05, 0) is 36.2 Å². The SMILES string of the molecule is CCCC(N)C(=O)NCc1ccc(C(=O)Nc2cccnc2)cc1. The zero-order valence-electron chi connectivity index (χ0n) is 13.7. The number of benzene rings is 1. The number of carbonyl (C=O) groups is 2. The predicted octanol–water partition coefficient (Wildman–Crippen LogP) is 2.08. The quantitative estimate of drug-likeness (QED) is 0.725. The minimum absolute atomic E-state index is 0.157. The van der Waals surface area contributed by atoms with Crippen molar-refractivity contribution in [3.8, 4) is 0 Å². The molecule has 0 aliphatic heterocycles. The molecular formula is C18H22N4O2. The van der Waals surface area contributed by atoms with Crippen LogP contribution in [0, 0.1) is 0 Å². The standard InChI is InChI=1S/C18H22N4O2/c1-2-4-16(19)18(24)21-11-13-6-8-14(9-7-13)17(23)22-15-5-3-10-20-12-15/h3,5-10,12,16H,2,4,11,19H2,1H3,(H,21,24)(H,22,23). The number of nitrogens with zero attached hydrogens (tertiary/aromatic N) is 1. The van der Waals surface area contributed by atoms with Crippen LogP contribution in [0.3, 0.4) is 0 Å². The lowest BCUT2D eigenvalue weighted by molar-refractivity contribution is -0.122. The van der Waals surface area contributed by atoms with E-state index in [1.165, 1.54) is 0 Å². The predicted molar refractivity (Wildman–Crippen MR) is 93.4 cm³/mol. The van der Waals surface area contributed by atoms with Crippen LogP contribution in [0.1, 0.15) is 35.7 Å². The molecule has 2 rings (SSSR count). The molecule has 1 atom stereocenters. The molecule has 1 heterocycles. The molecule has 0 fully saturated rings. The average Bonchev–Trinajstić information content (AvgIpc) is 2.61.